The highest BCUT2D eigenvalue weighted by atomic mass is 35.5. The Balaban J connectivity index is 3.18. The van der Waals surface area contributed by atoms with Gasteiger partial charge in [0.05, 0.1) is 10.7 Å². The van der Waals surface area contributed by atoms with Crippen LogP contribution in [-0.4, -0.2) is 5.91 Å². The molecule has 1 radical (unpaired) electrons. The van der Waals surface area contributed by atoms with Crippen molar-refractivity contribution in [1.29, 1.82) is 0 Å². The van der Waals surface area contributed by atoms with Crippen molar-refractivity contribution in [2.24, 2.45) is 0 Å². The van der Waals surface area contributed by atoms with Crippen molar-refractivity contribution in [3.8, 4) is 0 Å². The largest absolute Gasteiger partial charge is 0.289 e. The van der Waals surface area contributed by atoms with E-state index in [0.717, 1.165) is 0 Å². The summed E-state index contributed by atoms with van der Waals surface area (Å²) in [5, 5.41) is 4.19. The van der Waals surface area contributed by atoms with Gasteiger partial charge in [0.15, 0.2) is 0 Å². The number of halogens is 2. The van der Waals surface area contributed by atoms with Crippen LogP contribution in [0.1, 0.15) is 13.8 Å². The van der Waals surface area contributed by atoms with Crippen LogP contribution in [0.4, 0.5) is 0 Å². The van der Waals surface area contributed by atoms with Gasteiger partial charge in [0.2, 0.25) is 0 Å². The Morgan fingerprint density at radius 2 is 1.73 bits per heavy atom. The maximum Gasteiger partial charge on any atom is 0.289 e. The number of carbonyl (C=O) groups is 1. The van der Waals surface area contributed by atoms with Crippen molar-refractivity contribution in [3.63, 3.8) is 0 Å². The van der Waals surface area contributed by atoms with Crippen molar-refractivity contribution in [3.05, 3.63) is 21.3 Å². The molecule has 0 aliphatic carbocycles. The molecule has 0 saturated carbocycles. The van der Waals surface area contributed by atoms with E-state index in [2.05, 4.69) is 5.32 Å². The highest BCUT2D eigenvalue weighted by molar-refractivity contribution is 6.45. The van der Waals surface area contributed by atoms with Gasteiger partial charge >= 0.3 is 0 Å². The van der Waals surface area contributed by atoms with E-state index in [1.54, 1.807) is 13.8 Å². The zero-order valence-corrected chi connectivity index (χ0v) is 7.62. The zero-order chi connectivity index (χ0) is 8.59. The van der Waals surface area contributed by atoms with Crippen molar-refractivity contribution in [2.75, 3.05) is 0 Å². The van der Waals surface area contributed by atoms with Gasteiger partial charge in [-0.05, 0) is 19.4 Å². The Bertz CT molecular complexity index is 278. The lowest BCUT2D eigenvalue weighted by atomic mass is 10.2. The maximum absolute atomic E-state index is 10.9. The van der Waals surface area contributed by atoms with Crippen LogP contribution in [-0.2, 0) is 4.79 Å². The third-order valence-electron chi connectivity index (χ3n) is 1.43. The molecule has 59 valence electrons. The summed E-state index contributed by atoms with van der Waals surface area (Å²) in [4.78, 5) is 10.9. The molecule has 1 amide bonds. The van der Waals surface area contributed by atoms with Crippen LogP contribution in [0.2, 0.25) is 0 Å². The minimum atomic E-state index is -0.411. The fourth-order valence-electron chi connectivity index (χ4n) is 0.779. The maximum atomic E-state index is 10.9. The third kappa shape index (κ3) is 1.42. The standard InChI is InChI=1S/C7H6Cl2NO/c1-3-5(8)4(2)10-7(11)6(3)9/h1-2H3. The molecule has 0 atom stereocenters. The molecule has 1 heterocycles. The molecule has 4 heteroatoms. The van der Waals surface area contributed by atoms with Crippen LogP contribution >= 0.6 is 23.2 Å². The van der Waals surface area contributed by atoms with E-state index in [1.807, 2.05) is 0 Å². The number of allylic oxidation sites excluding steroid dienone is 3. The van der Waals surface area contributed by atoms with Crippen molar-refractivity contribution < 1.29 is 4.79 Å². The molecule has 0 aromatic heterocycles. The summed E-state index contributed by atoms with van der Waals surface area (Å²) < 4.78 is 0. The van der Waals surface area contributed by atoms with E-state index in [4.69, 9.17) is 23.2 Å². The summed E-state index contributed by atoms with van der Waals surface area (Å²) >= 11 is 11.4. The average Bonchev–Trinajstić information content (AvgIpc) is 1.97. The van der Waals surface area contributed by atoms with E-state index in [1.165, 1.54) is 0 Å². The normalized spacial score (nSPS) is 19.1. The highest BCUT2D eigenvalue weighted by Gasteiger charge is 2.21. The lowest BCUT2D eigenvalue weighted by Gasteiger charge is -2.12. The lowest BCUT2D eigenvalue weighted by Crippen LogP contribution is -2.19. The number of carbonyl (C=O) groups excluding carboxylic acids is 1. The van der Waals surface area contributed by atoms with Crippen molar-refractivity contribution in [1.82, 2.24) is 5.32 Å². The number of amides is 1. The predicted octanol–water partition coefficient (Wildman–Crippen LogP) is 2.11. The Morgan fingerprint density at radius 3 is 2.27 bits per heavy atom. The van der Waals surface area contributed by atoms with Crippen LogP contribution in [0.5, 0.6) is 0 Å². The zero-order valence-electron chi connectivity index (χ0n) is 6.11. The molecule has 1 rings (SSSR count). The summed E-state index contributed by atoms with van der Waals surface area (Å²) in [6.07, 6.45) is 0. The van der Waals surface area contributed by atoms with E-state index >= 15 is 0 Å². The third-order valence-corrected chi connectivity index (χ3v) is 2.44. The van der Waals surface area contributed by atoms with Crippen molar-refractivity contribution >= 4 is 29.1 Å². The summed E-state index contributed by atoms with van der Waals surface area (Å²) in [5.41, 5.74) is 1.13. The molecule has 1 aliphatic heterocycles. The summed E-state index contributed by atoms with van der Waals surface area (Å²) in [5.74, 6) is -0.411. The molecule has 11 heavy (non-hydrogen) atoms. The van der Waals surface area contributed by atoms with E-state index < -0.39 is 5.91 Å². The molecule has 0 unspecified atom stereocenters. The van der Waals surface area contributed by atoms with E-state index in [-0.39, 0.29) is 5.03 Å². The number of hydrogen-bond acceptors (Lipinski definition) is 1. The molecule has 1 aliphatic rings. The average molecular weight is 191 g/mol. The second kappa shape index (κ2) is 2.88. The smallest absolute Gasteiger partial charge is 0.266 e. The minimum absolute atomic E-state index is 0.112. The summed E-state index contributed by atoms with van der Waals surface area (Å²) in [6, 6.07) is 0. The first-order valence-electron chi connectivity index (χ1n) is 3.03. The summed E-state index contributed by atoms with van der Waals surface area (Å²) in [7, 11) is 0. The fraction of sp³-hybridized carbons (Fsp3) is 0.286. The van der Waals surface area contributed by atoms with Crippen molar-refractivity contribution in [2.45, 2.75) is 13.8 Å². The molecule has 0 bridgehead atoms. The van der Waals surface area contributed by atoms with E-state index in [0.29, 0.717) is 16.3 Å². The lowest BCUT2D eigenvalue weighted by molar-refractivity contribution is -0.116. The molecule has 0 N–H and O–H groups in total. The number of nitrogens with zero attached hydrogens (tertiary/aromatic N) is 1. The number of hydrogen-bond donors (Lipinski definition) is 0. The topological polar surface area (TPSA) is 31.2 Å². The Hall–Kier alpha value is -0.470. The van der Waals surface area contributed by atoms with Gasteiger partial charge in [0, 0.05) is 0 Å². The van der Waals surface area contributed by atoms with Gasteiger partial charge in [-0.15, -0.1) is 0 Å². The molecular weight excluding hydrogens is 185 g/mol. The Morgan fingerprint density at radius 1 is 1.18 bits per heavy atom. The highest BCUT2D eigenvalue weighted by Crippen LogP contribution is 2.27. The fourth-order valence-corrected chi connectivity index (χ4v) is 1.10. The minimum Gasteiger partial charge on any atom is -0.266 e. The second-order valence-corrected chi connectivity index (χ2v) is 3.01. The van der Waals surface area contributed by atoms with Gasteiger partial charge in [-0.25, -0.2) is 5.32 Å². The van der Waals surface area contributed by atoms with Gasteiger partial charge in [-0.2, -0.15) is 0 Å². The van der Waals surface area contributed by atoms with Crippen LogP contribution < -0.4 is 5.32 Å². The monoisotopic (exact) mass is 190 g/mol. The first-order valence-corrected chi connectivity index (χ1v) is 3.79. The SMILES string of the molecule is CC1=C(Cl)C(C)=C(Cl)C(=O)[N]1. The van der Waals surface area contributed by atoms with E-state index in [9.17, 15) is 4.79 Å². The van der Waals surface area contributed by atoms with Crippen LogP contribution in [0.3, 0.4) is 0 Å². The first-order chi connectivity index (χ1) is 5.04. The molecule has 0 saturated heterocycles. The van der Waals surface area contributed by atoms with Crippen LogP contribution in [0, 0.1) is 0 Å². The second-order valence-electron chi connectivity index (χ2n) is 2.26. The van der Waals surface area contributed by atoms with Gasteiger partial charge < -0.3 is 0 Å². The van der Waals surface area contributed by atoms with Gasteiger partial charge in [0.25, 0.3) is 5.91 Å². The summed E-state index contributed by atoms with van der Waals surface area (Å²) in [6.45, 7) is 3.37. The Kier molecular flexibility index (Phi) is 2.25. The Labute approximate surface area is 74.9 Å². The molecule has 0 fully saturated rings. The first kappa shape index (κ1) is 8.62. The molecule has 0 spiro atoms. The van der Waals surface area contributed by atoms with Gasteiger partial charge in [-0.1, -0.05) is 23.2 Å². The predicted molar refractivity (Wildman–Crippen MR) is 44.2 cm³/mol. The molecule has 0 aromatic carbocycles. The van der Waals surface area contributed by atoms with Gasteiger partial charge in [-0.3, -0.25) is 4.79 Å². The van der Waals surface area contributed by atoms with Crippen LogP contribution in [0.25, 0.3) is 0 Å². The molecule has 0 aromatic rings. The van der Waals surface area contributed by atoms with Gasteiger partial charge in [0.1, 0.15) is 5.03 Å². The molecular formula is C7H6Cl2NO. The molecule has 2 nitrogen and oxygen atoms in total. The van der Waals surface area contributed by atoms with Crippen LogP contribution in [0.15, 0.2) is 21.3 Å². The quantitative estimate of drug-likeness (QED) is 0.576. The number of rotatable bonds is 0.